The quantitative estimate of drug-likeness (QED) is 0.120. The van der Waals surface area contributed by atoms with Gasteiger partial charge in [0.25, 0.3) is 0 Å². The molecule has 1 unspecified atom stereocenters. The molecule has 2 saturated heterocycles. The zero-order valence-corrected chi connectivity index (χ0v) is 64.3. The summed E-state index contributed by atoms with van der Waals surface area (Å²) in [6.07, 6.45) is 3.04. The first-order valence-corrected chi connectivity index (χ1v) is 36.5. The van der Waals surface area contributed by atoms with Crippen LogP contribution in [0.2, 0.25) is 10.0 Å². The Balaban J connectivity index is 1.67. The van der Waals surface area contributed by atoms with Crippen molar-refractivity contribution in [2.75, 3.05) is 82.1 Å². The van der Waals surface area contributed by atoms with Crippen molar-refractivity contribution in [2.45, 2.75) is 180 Å². The third-order valence-corrected chi connectivity index (χ3v) is 20.1. The van der Waals surface area contributed by atoms with E-state index in [4.69, 9.17) is 23.2 Å². The van der Waals surface area contributed by atoms with Crippen molar-refractivity contribution >= 4 is 117 Å². The highest BCUT2D eigenvalue weighted by Crippen LogP contribution is 2.25. The average molecular weight is 1540 g/mol. The lowest BCUT2D eigenvalue weighted by atomic mass is 9.95. The zero-order chi connectivity index (χ0) is 74.4. The smallest absolute Gasteiger partial charge is 0.245 e. The highest BCUT2D eigenvalue weighted by molar-refractivity contribution is 14.1. The standard InChI is InChI=1S/C73H105Cl2IN12O12/c1-15-17-28-54-69(96)86(13)58(40-50-25-19-20-27-53(50)75)67(94)79-56(35-45(3)4)70(97)87(14)60(72(99)88-33-21-18-22-34-88)41-62(90)84(11)57(36-46(5)6)68(95)80-65(47(7)16-2)73(100)83(10)43-63(91)81(8)44-64(92)85(12)59(39-48-29-31-51(74)32-30-48)71(98)82(9)42-61(89)77-55(66(93)78-54)38-49-24-23-26-52(76)37-49/h19-20,23-27,29-32,37,45-47,54-60,65H,15-18,21-22,28,33-36,38-44H2,1-14H3,(H,77,89)(H,78,93)(H,79,94)(H,80,95)/t47-,54-,55-,56-,57-,58-,59-,60?,65-/m0/s1. The number of hydrogen-bond donors (Lipinski definition) is 4. The van der Waals surface area contributed by atoms with Crippen LogP contribution in [0, 0.1) is 21.3 Å². The maximum Gasteiger partial charge on any atom is 0.245 e. The van der Waals surface area contributed by atoms with Gasteiger partial charge >= 0.3 is 0 Å². The van der Waals surface area contributed by atoms with Gasteiger partial charge in [0.2, 0.25) is 70.9 Å². The summed E-state index contributed by atoms with van der Waals surface area (Å²) in [7, 11) is 9.77. The molecule has 9 atom stereocenters. The number of nitrogens with one attached hydrogen (secondary N) is 4. The number of amides is 12. The van der Waals surface area contributed by atoms with E-state index in [1.807, 2.05) is 53.7 Å². The Hall–Kier alpha value is -7.39. The number of piperidine rings is 1. The summed E-state index contributed by atoms with van der Waals surface area (Å²) in [5.41, 5.74) is 1.73. The number of rotatable bonds is 16. The van der Waals surface area contributed by atoms with Gasteiger partial charge in [-0.25, -0.2) is 0 Å². The summed E-state index contributed by atoms with van der Waals surface area (Å²) in [6, 6.07) is 10.2. The number of carbonyl (C=O) groups is 12. The number of likely N-dealkylation sites (tertiary alicyclic amines) is 1. The van der Waals surface area contributed by atoms with E-state index in [1.54, 1.807) is 72.5 Å². The maximum atomic E-state index is 15.4. The summed E-state index contributed by atoms with van der Waals surface area (Å²) in [5, 5.41) is 12.3. The average Bonchev–Trinajstić information content (AvgIpc) is 0.822. The van der Waals surface area contributed by atoms with Crippen molar-refractivity contribution in [2.24, 2.45) is 17.8 Å². The minimum Gasteiger partial charge on any atom is -0.343 e. The molecule has 0 aliphatic carbocycles. The molecule has 4 N–H and O–H groups in total. The van der Waals surface area contributed by atoms with E-state index in [0.29, 0.717) is 66.9 Å². The topological polar surface area (TPSA) is 279 Å². The largest absolute Gasteiger partial charge is 0.343 e. The van der Waals surface area contributed by atoms with Gasteiger partial charge in [0.05, 0.1) is 26.1 Å². The number of benzene rings is 3. The van der Waals surface area contributed by atoms with E-state index >= 15 is 24.0 Å². The van der Waals surface area contributed by atoms with Crippen molar-refractivity contribution in [1.29, 1.82) is 0 Å². The molecular formula is C73H105Cl2IN12O12. The lowest BCUT2D eigenvalue weighted by Crippen LogP contribution is -2.61. The van der Waals surface area contributed by atoms with E-state index < -0.39 is 151 Å². The van der Waals surface area contributed by atoms with Crippen molar-refractivity contribution in [3.8, 4) is 0 Å². The number of carbonyl (C=O) groups excluding carboxylic acids is 12. The van der Waals surface area contributed by atoms with Crippen LogP contribution in [0.15, 0.2) is 72.8 Å². The normalized spacial score (nSPS) is 23.4. The van der Waals surface area contributed by atoms with Crippen LogP contribution in [0.4, 0.5) is 0 Å². The van der Waals surface area contributed by atoms with Crippen LogP contribution in [0.25, 0.3) is 0 Å². The Kier molecular flexibility index (Phi) is 33.1. The first-order chi connectivity index (χ1) is 47.2. The first-order valence-electron chi connectivity index (χ1n) is 34.7. The molecule has 3 aromatic rings. The minimum absolute atomic E-state index is 0.0457. The highest BCUT2D eigenvalue weighted by atomic mass is 127. The lowest BCUT2D eigenvalue weighted by molar-refractivity contribution is -0.151. The summed E-state index contributed by atoms with van der Waals surface area (Å²) in [4.78, 5) is 188. The van der Waals surface area contributed by atoms with Crippen LogP contribution in [0.3, 0.4) is 0 Å². The predicted octanol–water partition coefficient (Wildman–Crippen LogP) is 5.99. The molecule has 0 radical (unpaired) electrons. The fourth-order valence-corrected chi connectivity index (χ4v) is 13.3. The maximum absolute atomic E-state index is 15.4. The number of likely N-dealkylation sites (N-methyl/N-ethyl adjacent to an activating group) is 7. The van der Waals surface area contributed by atoms with Gasteiger partial charge in [0.15, 0.2) is 0 Å². The zero-order valence-electron chi connectivity index (χ0n) is 60.6. The molecule has 2 aliphatic rings. The van der Waals surface area contributed by atoms with Crippen LogP contribution >= 0.6 is 45.8 Å². The Morgan fingerprint density at radius 3 is 1.73 bits per heavy atom. The Morgan fingerprint density at radius 1 is 0.530 bits per heavy atom. The monoisotopic (exact) mass is 1540 g/mol. The molecule has 0 spiro atoms. The molecule has 5 rings (SSSR count). The van der Waals surface area contributed by atoms with E-state index in [2.05, 4.69) is 43.9 Å². The Morgan fingerprint density at radius 2 is 1.12 bits per heavy atom. The molecule has 0 bridgehead atoms. The van der Waals surface area contributed by atoms with Gasteiger partial charge < -0.3 is 60.5 Å². The van der Waals surface area contributed by atoms with Crippen LogP contribution in [-0.4, -0.2) is 240 Å². The van der Waals surface area contributed by atoms with Gasteiger partial charge in [-0.1, -0.05) is 133 Å². The third-order valence-electron chi connectivity index (χ3n) is 18.8. The SMILES string of the molecule is CCCC[C@@H]1NC(=O)[C@H](Cc2cccc(I)c2)NC(=O)CN(C)C(=O)[C@H](Cc2ccc(Cl)cc2)N(C)C(=O)CN(C)C(=O)CN(C)C(=O)[C@H]([C@@H](C)CC)NC(=O)[C@H](CC(C)C)N(C)C(=O)CC(C(=O)N2CCCCC2)N(C)C(=O)[C@H](CC(C)C)NC(=O)[C@H](Cc2ccccc2Cl)N(C)C1=O. The highest BCUT2D eigenvalue weighted by Gasteiger charge is 2.43. The molecule has 12 amide bonds. The van der Waals surface area contributed by atoms with Crippen molar-refractivity contribution in [3.63, 3.8) is 0 Å². The van der Waals surface area contributed by atoms with E-state index in [-0.39, 0.29) is 55.4 Å². The summed E-state index contributed by atoms with van der Waals surface area (Å²) >= 11 is 15.2. The van der Waals surface area contributed by atoms with Gasteiger partial charge in [-0.15, -0.1) is 0 Å². The molecule has 0 aromatic heterocycles. The van der Waals surface area contributed by atoms with Crippen molar-refractivity contribution < 1.29 is 57.5 Å². The third kappa shape index (κ3) is 24.1. The van der Waals surface area contributed by atoms with Crippen molar-refractivity contribution in [1.82, 2.24) is 60.5 Å². The van der Waals surface area contributed by atoms with Gasteiger partial charge in [-0.2, -0.15) is 0 Å². The molecular weight excluding hydrogens is 1430 g/mol. The number of halogens is 3. The Labute approximate surface area is 614 Å². The molecule has 2 heterocycles. The fourth-order valence-electron chi connectivity index (χ4n) is 12.3. The lowest BCUT2D eigenvalue weighted by Gasteiger charge is -2.38. The molecule has 3 aromatic carbocycles. The number of hydrogen-bond acceptors (Lipinski definition) is 12. The second kappa shape index (κ2) is 39.7. The first kappa shape index (κ1) is 83.3. The summed E-state index contributed by atoms with van der Waals surface area (Å²) < 4.78 is 0.833. The van der Waals surface area contributed by atoms with Crippen LogP contribution < -0.4 is 21.3 Å². The van der Waals surface area contributed by atoms with Crippen LogP contribution in [0.5, 0.6) is 0 Å². The molecule has 27 heteroatoms. The number of unbranched alkanes of at least 4 members (excludes halogenated alkanes) is 1. The minimum atomic E-state index is -1.43. The van der Waals surface area contributed by atoms with E-state index in [1.165, 1.54) is 68.9 Å². The number of nitrogens with zero attached hydrogens (tertiary/aromatic N) is 8. The second-order valence-corrected chi connectivity index (χ2v) is 29.8. The van der Waals surface area contributed by atoms with Gasteiger partial charge in [0.1, 0.15) is 48.3 Å². The Bertz CT molecular complexity index is 3360. The molecule has 550 valence electrons. The van der Waals surface area contributed by atoms with Crippen molar-refractivity contribution in [3.05, 3.63) is 103 Å². The molecule has 100 heavy (non-hydrogen) atoms. The summed E-state index contributed by atoms with van der Waals surface area (Å²) in [6.45, 7) is 11.9. The van der Waals surface area contributed by atoms with Crippen LogP contribution in [-0.2, 0) is 76.8 Å². The molecule has 2 fully saturated rings. The molecule has 24 nitrogen and oxygen atoms in total. The summed E-state index contributed by atoms with van der Waals surface area (Å²) in [5.74, 6) is -9.14. The fraction of sp³-hybridized carbons (Fsp3) is 0.589. The second-order valence-electron chi connectivity index (χ2n) is 27.7. The molecule has 0 saturated carbocycles. The predicted molar refractivity (Wildman–Crippen MR) is 393 cm³/mol. The van der Waals surface area contributed by atoms with Gasteiger partial charge in [0, 0.05) is 95.3 Å². The van der Waals surface area contributed by atoms with Gasteiger partial charge in [-0.3, -0.25) is 57.5 Å². The molecule has 2 aliphatic heterocycles. The van der Waals surface area contributed by atoms with E-state index in [9.17, 15) is 33.6 Å². The van der Waals surface area contributed by atoms with E-state index in [0.717, 1.165) is 24.7 Å². The van der Waals surface area contributed by atoms with Gasteiger partial charge in [-0.05, 0) is 126 Å². The van der Waals surface area contributed by atoms with Crippen LogP contribution in [0.1, 0.15) is 129 Å².